The Kier molecular flexibility index (Phi) is 13.3. The fraction of sp³-hybridized carbons (Fsp3) is 0.0122. The van der Waals surface area contributed by atoms with Crippen LogP contribution in [-0.2, 0) is 0 Å². The molecule has 14 aromatic rings. The maximum Gasteiger partial charge on any atom is 0.145 e. The van der Waals surface area contributed by atoms with Crippen molar-refractivity contribution in [3.63, 3.8) is 0 Å². The van der Waals surface area contributed by atoms with Crippen LogP contribution in [-0.4, -0.2) is 10.3 Å². The Morgan fingerprint density at radius 3 is 1.00 bits per heavy atom. The van der Waals surface area contributed by atoms with Crippen molar-refractivity contribution >= 4 is 33.2 Å². The van der Waals surface area contributed by atoms with Crippen LogP contribution in [0.15, 0.2) is 339 Å². The summed E-state index contributed by atoms with van der Waals surface area (Å²) in [6.07, 6.45) is 1.88. The van der Waals surface area contributed by atoms with Crippen LogP contribution in [0.3, 0.4) is 0 Å². The molecule has 0 spiro atoms. The standard InChI is InChI=1S/C82H57N3/c1-3-18-56(19-4-1)62-22-11-26-66(48-62)67-27-13-24-64(50-67)58-40-42-59(43-41-58)65-25-14-29-69(51-65)71-31-16-34-74(53-71)79-55-78(73-33-15-30-70(52-73)68-28-12-23-63(49-68)57-20-5-2-6-21-57)83-82(84-79)61-46-44-60(45-47-61)72-32-17-35-75(54-72)85-80-38-9-7-36-76(80)77-37-8-10-39-81(77)85/h1-55,82-83H. The molecule has 3 heteroatoms. The molecule has 0 saturated carbocycles. The van der Waals surface area contributed by atoms with Crippen LogP contribution in [0, 0.1) is 0 Å². The third kappa shape index (κ3) is 10.3. The van der Waals surface area contributed by atoms with Gasteiger partial charge in [0.05, 0.1) is 16.7 Å². The number of para-hydroxylation sites is 2. The van der Waals surface area contributed by atoms with Crippen LogP contribution in [0.1, 0.15) is 22.9 Å². The first-order valence-corrected chi connectivity index (χ1v) is 29.2. The molecule has 1 aliphatic heterocycles. The minimum Gasteiger partial charge on any atom is -0.360 e. The molecule has 0 amide bonds. The number of benzene rings is 13. The largest absolute Gasteiger partial charge is 0.360 e. The van der Waals surface area contributed by atoms with E-state index in [1.165, 1.54) is 83.0 Å². The lowest BCUT2D eigenvalue weighted by Crippen LogP contribution is -2.24. The van der Waals surface area contributed by atoms with Gasteiger partial charge in [0.2, 0.25) is 0 Å². The van der Waals surface area contributed by atoms with Crippen LogP contribution in [0.4, 0.5) is 0 Å². The van der Waals surface area contributed by atoms with E-state index < -0.39 is 0 Å². The molecule has 15 rings (SSSR count). The lowest BCUT2D eigenvalue weighted by molar-refractivity contribution is 0.664. The Morgan fingerprint density at radius 1 is 0.247 bits per heavy atom. The van der Waals surface area contributed by atoms with Gasteiger partial charge in [-0.15, -0.1) is 0 Å². The highest BCUT2D eigenvalue weighted by atomic mass is 15.1. The molecule has 85 heavy (non-hydrogen) atoms. The van der Waals surface area contributed by atoms with Crippen LogP contribution in [0.2, 0.25) is 0 Å². The summed E-state index contributed by atoms with van der Waals surface area (Å²) in [6, 6.07) is 118. The van der Waals surface area contributed by atoms with E-state index in [0.717, 1.165) is 61.6 Å². The minimum atomic E-state index is -0.346. The number of nitrogens with zero attached hydrogens (tertiary/aromatic N) is 2. The fourth-order valence-electron chi connectivity index (χ4n) is 12.3. The van der Waals surface area contributed by atoms with Gasteiger partial charge in [-0.05, 0) is 167 Å². The smallest absolute Gasteiger partial charge is 0.145 e. The highest BCUT2D eigenvalue weighted by molar-refractivity contribution is 6.14. The van der Waals surface area contributed by atoms with Crippen molar-refractivity contribution in [1.82, 2.24) is 9.88 Å². The molecule has 0 radical (unpaired) electrons. The maximum absolute atomic E-state index is 5.53. The predicted octanol–water partition coefficient (Wildman–Crippen LogP) is 21.3. The van der Waals surface area contributed by atoms with Crippen molar-refractivity contribution in [3.8, 4) is 94.7 Å². The van der Waals surface area contributed by atoms with Gasteiger partial charge in [-0.25, -0.2) is 0 Å². The van der Waals surface area contributed by atoms with E-state index in [-0.39, 0.29) is 6.17 Å². The molecule has 3 nitrogen and oxygen atoms in total. The average Bonchev–Trinajstić information content (AvgIpc) is 2.53. The summed E-state index contributed by atoms with van der Waals surface area (Å²) in [7, 11) is 0. The number of hydrogen-bond acceptors (Lipinski definition) is 2. The summed E-state index contributed by atoms with van der Waals surface area (Å²) in [5, 5.41) is 6.40. The first kappa shape index (κ1) is 50.8. The number of fused-ring (bicyclic) bond motifs is 3. The van der Waals surface area contributed by atoms with Crippen LogP contribution < -0.4 is 5.32 Å². The molecule has 1 N–H and O–H groups in total. The second-order valence-corrected chi connectivity index (χ2v) is 22.0. The van der Waals surface area contributed by atoms with E-state index in [1.54, 1.807) is 0 Å². The van der Waals surface area contributed by atoms with Crippen LogP contribution >= 0.6 is 0 Å². The predicted molar refractivity (Wildman–Crippen MR) is 358 cm³/mol. The average molecular weight is 1080 g/mol. The van der Waals surface area contributed by atoms with Gasteiger partial charge in [-0.2, -0.15) is 0 Å². The quantitative estimate of drug-likeness (QED) is 0.130. The van der Waals surface area contributed by atoms with Crippen LogP contribution in [0.5, 0.6) is 0 Å². The van der Waals surface area contributed by atoms with E-state index in [1.807, 2.05) is 0 Å². The number of aromatic nitrogens is 1. The highest BCUT2D eigenvalue weighted by Gasteiger charge is 2.22. The second kappa shape index (κ2) is 22.3. The molecule has 1 aromatic heterocycles. The third-order valence-corrected chi connectivity index (χ3v) is 16.6. The molecule has 0 fully saturated rings. The molecule has 1 atom stereocenters. The summed E-state index contributed by atoms with van der Waals surface area (Å²) < 4.78 is 2.38. The molecule has 2 heterocycles. The van der Waals surface area contributed by atoms with Crippen molar-refractivity contribution in [2.45, 2.75) is 6.17 Å². The van der Waals surface area contributed by atoms with Crippen LogP contribution in [0.25, 0.3) is 122 Å². The zero-order valence-electron chi connectivity index (χ0n) is 46.7. The van der Waals surface area contributed by atoms with Crippen molar-refractivity contribution in [1.29, 1.82) is 0 Å². The van der Waals surface area contributed by atoms with Gasteiger partial charge in [0.1, 0.15) is 6.17 Å². The number of rotatable bonds is 12. The molecular weight excluding hydrogens is 1030 g/mol. The lowest BCUT2D eigenvalue weighted by Gasteiger charge is -2.25. The number of aliphatic imine (C=N–C) groups is 1. The van der Waals surface area contributed by atoms with Gasteiger partial charge in [0, 0.05) is 27.7 Å². The zero-order chi connectivity index (χ0) is 56.5. The Balaban J connectivity index is 0.739. The number of allylic oxidation sites excluding steroid dienone is 1. The monoisotopic (exact) mass is 1080 g/mol. The SMILES string of the molecule is C1=C(c2cccc(-c3cccc(-c4ccccc4)c3)c2)NC(c2ccc(-c3cccc(-n4c5ccccc5c5ccccc54)c3)cc2)N=C1c1cccc(-c2cccc(-c3ccc(-c4cccc(-c5cccc(-c6ccccc6)c5)c4)cc3)c2)c1. The molecule has 0 bridgehead atoms. The summed E-state index contributed by atoms with van der Waals surface area (Å²) in [6.45, 7) is 0. The maximum atomic E-state index is 5.53. The Hall–Kier alpha value is -11.1. The van der Waals surface area contributed by atoms with Gasteiger partial charge in [-0.3, -0.25) is 4.99 Å². The molecule has 13 aromatic carbocycles. The van der Waals surface area contributed by atoms with E-state index >= 15 is 0 Å². The first-order chi connectivity index (χ1) is 42.1. The van der Waals surface area contributed by atoms with Gasteiger partial charge in [-0.1, -0.05) is 267 Å². The Bertz CT molecular complexity index is 4780. The summed E-state index contributed by atoms with van der Waals surface area (Å²) in [5.74, 6) is 0. The van der Waals surface area contributed by atoms with Gasteiger partial charge < -0.3 is 9.88 Å². The summed E-state index contributed by atoms with van der Waals surface area (Å²) >= 11 is 0. The van der Waals surface area contributed by atoms with E-state index in [9.17, 15) is 0 Å². The van der Waals surface area contributed by atoms with E-state index in [2.05, 4.69) is 344 Å². The number of nitrogens with one attached hydrogen (secondary N) is 1. The Morgan fingerprint density at radius 2 is 0.553 bits per heavy atom. The molecule has 1 aliphatic rings. The van der Waals surface area contributed by atoms with Crippen molar-refractivity contribution in [2.24, 2.45) is 4.99 Å². The molecule has 1 unspecified atom stereocenters. The van der Waals surface area contributed by atoms with Gasteiger partial charge >= 0.3 is 0 Å². The normalized spacial score (nSPS) is 13.1. The molecule has 0 saturated heterocycles. The van der Waals surface area contributed by atoms with Crippen molar-refractivity contribution in [2.75, 3.05) is 0 Å². The van der Waals surface area contributed by atoms with Gasteiger partial charge in [0.15, 0.2) is 0 Å². The highest BCUT2D eigenvalue weighted by Crippen LogP contribution is 2.38. The second-order valence-electron chi connectivity index (χ2n) is 22.0. The lowest BCUT2D eigenvalue weighted by atomic mass is 9.94. The number of hydrogen-bond donors (Lipinski definition) is 1. The Labute approximate surface area is 496 Å². The summed E-state index contributed by atoms with van der Waals surface area (Å²) in [4.78, 5) is 5.53. The molecule has 0 aliphatic carbocycles. The minimum absolute atomic E-state index is 0.346. The molecular formula is C82H57N3. The summed E-state index contributed by atoms with van der Waals surface area (Å²) in [5.41, 5.74) is 27.5. The van der Waals surface area contributed by atoms with Crippen molar-refractivity contribution in [3.05, 3.63) is 350 Å². The fourth-order valence-corrected chi connectivity index (χ4v) is 12.3. The molecule has 400 valence electrons. The van der Waals surface area contributed by atoms with E-state index in [4.69, 9.17) is 4.99 Å². The topological polar surface area (TPSA) is 29.3 Å². The van der Waals surface area contributed by atoms with E-state index in [0.29, 0.717) is 0 Å². The van der Waals surface area contributed by atoms with Gasteiger partial charge in [0.25, 0.3) is 0 Å². The third-order valence-electron chi connectivity index (χ3n) is 16.6. The zero-order valence-corrected chi connectivity index (χ0v) is 46.7. The van der Waals surface area contributed by atoms with Crippen molar-refractivity contribution < 1.29 is 0 Å². The first-order valence-electron chi connectivity index (χ1n) is 29.2.